The van der Waals surface area contributed by atoms with Crippen LogP contribution in [0, 0.1) is 0 Å². The molecule has 13 heteroatoms. The van der Waals surface area contributed by atoms with E-state index in [4.69, 9.17) is 16.3 Å². The highest BCUT2D eigenvalue weighted by Gasteiger charge is 2.46. The van der Waals surface area contributed by atoms with E-state index in [0.29, 0.717) is 0 Å². The van der Waals surface area contributed by atoms with E-state index >= 15 is 0 Å². The van der Waals surface area contributed by atoms with Crippen LogP contribution in [-0.4, -0.2) is 66.1 Å². The fourth-order valence-corrected chi connectivity index (χ4v) is 2.83. The van der Waals surface area contributed by atoms with Gasteiger partial charge < -0.3 is 25.5 Å². The van der Waals surface area contributed by atoms with E-state index in [9.17, 15) is 19.2 Å². The molecule has 1 aliphatic rings. The Balaban J connectivity index is 2.11. The first-order chi connectivity index (χ1) is 12.9. The number of anilines is 1. The summed E-state index contributed by atoms with van der Waals surface area (Å²) < 4.78 is 4.83. The van der Waals surface area contributed by atoms with E-state index in [1.54, 1.807) is 6.92 Å². The molecule has 0 aromatic carbocycles. The molecular weight excluding hydrogens is 402 g/mol. The molecule has 2 atom stereocenters. The van der Waals surface area contributed by atoms with E-state index in [2.05, 4.69) is 30.9 Å². The first-order valence-electron chi connectivity index (χ1n) is 7.62. The zero-order valence-electron chi connectivity index (χ0n) is 14.3. The maximum Gasteiger partial charge on any atom is 0.331 e. The molecule has 1 aromatic heterocycles. The zero-order chi connectivity index (χ0) is 20.0. The summed E-state index contributed by atoms with van der Waals surface area (Å²) in [5.74, 6) is -2.69. The standard InChI is InChI=1S/C14H16ClN5O6S/c1-3-26-13(24)10-9(12(23)19-10)18-11(22)8(20-25-2)6-5-27-14(16-6)17-7(21)4-15/h5,9-10H,3-4H2,1-2H3,(H,18,22)(H,19,23)(H,16,17,21)/t9-,10-/m1/s1. The van der Waals surface area contributed by atoms with Crippen LogP contribution < -0.4 is 16.0 Å². The number of carbonyl (C=O) groups excluding carboxylic acids is 4. The minimum absolute atomic E-state index is 0.108. The van der Waals surface area contributed by atoms with Gasteiger partial charge in [0.25, 0.3) is 5.91 Å². The first kappa shape index (κ1) is 20.6. The molecule has 0 aliphatic carbocycles. The van der Waals surface area contributed by atoms with Crippen LogP contribution in [0.4, 0.5) is 5.13 Å². The van der Waals surface area contributed by atoms with Gasteiger partial charge in [0, 0.05) is 5.38 Å². The van der Waals surface area contributed by atoms with Crippen LogP contribution in [0.15, 0.2) is 10.5 Å². The third-order valence-corrected chi connectivity index (χ3v) is 4.25. The monoisotopic (exact) mass is 417 g/mol. The average molecular weight is 418 g/mol. The maximum atomic E-state index is 12.5. The second-order valence-corrected chi connectivity index (χ2v) is 6.16. The highest BCUT2D eigenvalue weighted by atomic mass is 35.5. The normalized spacial score (nSPS) is 18.8. The van der Waals surface area contributed by atoms with Crippen LogP contribution in [-0.2, 0) is 28.8 Å². The van der Waals surface area contributed by atoms with E-state index < -0.39 is 35.8 Å². The van der Waals surface area contributed by atoms with Gasteiger partial charge in [0.2, 0.25) is 11.8 Å². The summed E-state index contributed by atoms with van der Waals surface area (Å²) >= 11 is 6.45. The number of alkyl halides is 1. The molecule has 11 nitrogen and oxygen atoms in total. The summed E-state index contributed by atoms with van der Waals surface area (Å²) in [6.45, 7) is 1.76. The second kappa shape index (κ2) is 9.28. The Hall–Kier alpha value is -2.73. The van der Waals surface area contributed by atoms with E-state index in [0.717, 1.165) is 11.3 Å². The van der Waals surface area contributed by atoms with Crippen LogP contribution in [0.5, 0.6) is 0 Å². The SMILES string of the molecule is CCOC(=O)[C@@H]1NC(=O)[C@@H]1NC(=O)C(=NOC)c1csc(NC(=O)CCl)n1. The lowest BCUT2D eigenvalue weighted by Gasteiger charge is -2.34. The smallest absolute Gasteiger partial charge is 0.331 e. The molecule has 0 radical (unpaired) electrons. The molecule has 0 saturated carbocycles. The summed E-state index contributed by atoms with van der Waals surface area (Å²) in [5.41, 5.74) is -0.126. The lowest BCUT2D eigenvalue weighted by molar-refractivity contribution is -0.155. The molecule has 0 unspecified atom stereocenters. The molecule has 1 aliphatic heterocycles. The van der Waals surface area contributed by atoms with Crippen LogP contribution in [0.25, 0.3) is 0 Å². The van der Waals surface area contributed by atoms with Gasteiger partial charge in [0.05, 0.1) is 6.61 Å². The van der Waals surface area contributed by atoms with Crippen molar-refractivity contribution in [3.8, 4) is 0 Å². The van der Waals surface area contributed by atoms with Crippen molar-refractivity contribution in [3.05, 3.63) is 11.1 Å². The van der Waals surface area contributed by atoms with Gasteiger partial charge in [-0.2, -0.15) is 0 Å². The molecule has 3 amide bonds. The van der Waals surface area contributed by atoms with Gasteiger partial charge >= 0.3 is 5.97 Å². The largest absolute Gasteiger partial charge is 0.464 e. The number of ether oxygens (including phenoxy) is 1. The number of nitrogens with zero attached hydrogens (tertiary/aromatic N) is 2. The quantitative estimate of drug-likeness (QED) is 0.165. The van der Waals surface area contributed by atoms with Crippen molar-refractivity contribution in [2.75, 3.05) is 24.9 Å². The van der Waals surface area contributed by atoms with Gasteiger partial charge in [-0.25, -0.2) is 9.78 Å². The first-order valence-corrected chi connectivity index (χ1v) is 9.03. The Morgan fingerprint density at radius 3 is 2.78 bits per heavy atom. The van der Waals surface area contributed by atoms with Crippen molar-refractivity contribution in [1.82, 2.24) is 15.6 Å². The Labute approximate surface area is 162 Å². The number of hydrogen-bond acceptors (Lipinski definition) is 9. The van der Waals surface area contributed by atoms with Gasteiger partial charge in [0.1, 0.15) is 24.7 Å². The molecule has 1 fully saturated rings. The highest BCUT2D eigenvalue weighted by Crippen LogP contribution is 2.17. The molecule has 146 valence electrons. The lowest BCUT2D eigenvalue weighted by atomic mass is 9.98. The topological polar surface area (TPSA) is 148 Å². The molecule has 3 N–H and O–H groups in total. The van der Waals surface area contributed by atoms with Crippen molar-refractivity contribution >= 4 is 57.5 Å². The third kappa shape index (κ3) is 4.92. The van der Waals surface area contributed by atoms with Gasteiger partial charge in [-0.1, -0.05) is 5.16 Å². The maximum absolute atomic E-state index is 12.5. The fraction of sp³-hybridized carbons (Fsp3) is 0.429. The van der Waals surface area contributed by atoms with Crippen LogP contribution in [0.3, 0.4) is 0 Å². The Bertz CT molecular complexity index is 782. The van der Waals surface area contributed by atoms with Crippen LogP contribution >= 0.6 is 22.9 Å². The minimum atomic E-state index is -1.10. The number of oxime groups is 1. The van der Waals surface area contributed by atoms with Gasteiger partial charge in [-0.15, -0.1) is 22.9 Å². The van der Waals surface area contributed by atoms with Gasteiger partial charge in [0.15, 0.2) is 16.9 Å². The number of halogens is 1. The molecule has 27 heavy (non-hydrogen) atoms. The number of β-lactam (4-membered cyclic amide) rings is 1. The van der Waals surface area contributed by atoms with E-state index in [1.165, 1.54) is 12.5 Å². The van der Waals surface area contributed by atoms with Crippen molar-refractivity contribution in [2.24, 2.45) is 5.16 Å². The van der Waals surface area contributed by atoms with Crippen molar-refractivity contribution in [3.63, 3.8) is 0 Å². The van der Waals surface area contributed by atoms with E-state index in [-0.39, 0.29) is 29.0 Å². The van der Waals surface area contributed by atoms with Gasteiger partial charge in [-0.3, -0.25) is 14.4 Å². The van der Waals surface area contributed by atoms with Crippen molar-refractivity contribution < 1.29 is 28.8 Å². The van der Waals surface area contributed by atoms with E-state index in [1.807, 2.05) is 0 Å². The lowest BCUT2D eigenvalue weighted by Crippen LogP contribution is -2.72. The molecule has 1 aromatic rings. The summed E-state index contributed by atoms with van der Waals surface area (Å²) in [4.78, 5) is 56.0. The van der Waals surface area contributed by atoms with Crippen molar-refractivity contribution in [1.29, 1.82) is 0 Å². The number of rotatable bonds is 8. The number of thiazole rings is 1. The average Bonchev–Trinajstić information content (AvgIpc) is 3.09. The van der Waals surface area contributed by atoms with Crippen molar-refractivity contribution in [2.45, 2.75) is 19.0 Å². The molecule has 2 rings (SSSR count). The molecule has 0 bridgehead atoms. The summed E-state index contributed by atoms with van der Waals surface area (Å²) in [7, 11) is 1.23. The highest BCUT2D eigenvalue weighted by molar-refractivity contribution is 7.14. The predicted molar refractivity (Wildman–Crippen MR) is 95.5 cm³/mol. The molecule has 2 heterocycles. The van der Waals surface area contributed by atoms with Crippen LogP contribution in [0.2, 0.25) is 0 Å². The number of nitrogens with one attached hydrogen (secondary N) is 3. The predicted octanol–water partition coefficient (Wildman–Crippen LogP) is -0.783. The van der Waals surface area contributed by atoms with Gasteiger partial charge in [-0.05, 0) is 6.92 Å². The number of carbonyl (C=O) groups is 4. The zero-order valence-corrected chi connectivity index (χ0v) is 15.8. The summed E-state index contributed by atoms with van der Waals surface area (Å²) in [6.07, 6.45) is 0. The third-order valence-electron chi connectivity index (χ3n) is 3.25. The summed E-state index contributed by atoms with van der Waals surface area (Å²) in [5, 5.41) is 12.5. The second-order valence-electron chi connectivity index (χ2n) is 5.03. The Morgan fingerprint density at radius 1 is 1.44 bits per heavy atom. The Kier molecular flexibility index (Phi) is 7.07. The minimum Gasteiger partial charge on any atom is -0.464 e. The Morgan fingerprint density at radius 2 is 2.19 bits per heavy atom. The van der Waals surface area contributed by atoms with Crippen LogP contribution in [0.1, 0.15) is 12.6 Å². The molecule has 0 spiro atoms. The number of amides is 3. The number of hydrogen-bond donors (Lipinski definition) is 3. The number of aromatic nitrogens is 1. The summed E-state index contributed by atoms with van der Waals surface area (Å²) in [6, 6.07) is -2.09. The molecular formula is C14H16ClN5O6S. The fourth-order valence-electron chi connectivity index (χ4n) is 2.06. The number of esters is 1. The molecule has 1 saturated heterocycles.